The van der Waals surface area contributed by atoms with Gasteiger partial charge in [-0.3, -0.25) is 0 Å². The van der Waals surface area contributed by atoms with Crippen molar-refractivity contribution in [2.75, 3.05) is 6.61 Å². The van der Waals surface area contributed by atoms with E-state index in [1.54, 1.807) is 0 Å². The minimum atomic E-state index is -2.71. The number of rotatable bonds is 6. The van der Waals surface area contributed by atoms with Crippen molar-refractivity contribution in [3.8, 4) is 5.75 Å². The molecule has 0 aliphatic heterocycles. The molecule has 5 heteroatoms. The lowest BCUT2D eigenvalue weighted by molar-refractivity contribution is 0.0794. The van der Waals surface area contributed by atoms with Crippen LogP contribution in [-0.2, 0) is 0 Å². The van der Waals surface area contributed by atoms with Crippen LogP contribution < -0.4 is 4.74 Å². The molecule has 0 spiro atoms. The second kappa shape index (κ2) is 9.29. The highest BCUT2D eigenvalue weighted by atomic mass is 19.3. The van der Waals surface area contributed by atoms with Gasteiger partial charge in [-0.1, -0.05) is 32.3 Å². The van der Waals surface area contributed by atoms with Gasteiger partial charge in [-0.25, -0.2) is 13.2 Å². The SMILES string of the molecule is CCC1CCC(C2CCC(c3ccc(OCC(F)F)c(F)c3F)CC2)CC1. The molecule has 2 aliphatic rings. The van der Waals surface area contributed by atoms with Crippen LogP contribution >= 0.6 is 0 Å². The van der Waals surface area contributed by atoms with Gasteiger partial charge in [-0.05, 0) is 73.8 Å². The van der Waals surface area contributed by atoms with E-state index in [-0.39, 0.29) is 5.92 Å². The Hall–Kier alpha value is -1.26. The lowest BCUT2D eigenvalue weighted by atomic mass is 9.68. The first-order chi connectivity index (χ1) is 13.0. The van der Waals surface area contributed by atoms with E-state index < -0.39 is 30.4 Å². The zero-order valence-corrected chi connectivity index (χ0v) is 16.0. The van der Waals surface area contributed by atoms with Crippen molar-refractivity contribution in [2.24, 2.45) is 17.8 Å². The summed E-state index contributed by atoms with van der Waals surface area (Å²) in [5.74, 6) is -0.117. The van der Waals surface area contributed by atoms with Gasteiger partial charge in [0.25, 0.3) is 6.43 Å². The molecule has 0 radical (unpaired) electrons. The average Bonchev–Trinajstić information content (AvgIpc) is 2.69. The van der Waals surface area contributed by atoms with Gasteiger partial charge >= 0.3 is 0 Å². The molecule has 1 nitrogen and oxygen atoms in total. The van der Waals surface area contributed by atoms with Crippen molar-refractivity contribution >= 4 is 0 Å². The molecule has 1 aromatic carbocycles. The predicted octanol–water partition coefficient (Wildman–Crippen LogP) is 7.10. The fraction of sp³-hybridized carbons (Fsp3) is 0.727. The van der Waals surface area contributed by atoms with Gasteiger partial charge in [0.15, 0.2) is 11.6 Å². The number of benzene rings is 1. The van der Waals surface area contributed by atoms with Gasteiger partial charge in [0.2, 0.25) is 5.82 Å². The van der Waals surface area contributed by atoms with Crippen LogP contribution in [-0.4, -0.2) is 13.0 Å². The van der Waals surface area contributed by atoms with Crippen LogP contribution in [0.4, 0.5) is 17.6 Å². The molecule has 0 bridgehead atoms. The highest BCUT2D eigenvalue weighted by Crippen LogP contribution is 2.45. The first kappa shape index (κ1) is 20.5. The van der Waals surface area contributed by atoms with E-state index in [4.69, 9.17) is 0 Å². The summed E-state index contributed by atoms with van der Waals surface area (Å²) in [6, 6.07) is 2.80. The third-order valence-electron chi connectivity index (χ3n) is 6.79. The van der Waals surface area contributed by atoms with Crippen molar-refractivity contribution in [1.29, 1.82) is 0 Å². The molecule has 3 rings (SSSR count). The molecule has 0 amide bonds. The summed E-state index contributed by atoms with van der Waals surface area (Å²) in [6.07, 6.45) is 7.73. The van der Waals surface area contributed by atoms with Gasteiger partial charge in [0.05, 0.1) is 0 Å². The first-order valence-corrected chi connectivity index (χ1v) is 10.4. The summed E-state index contributed by atoms with van der Waals surface area (Å²) in [4.78, 5) is 0. The molecule has 0 N–H and O–H groups in total. The number of hydrogen-bond donors (Lipinski definition) is 0. The minimum Gasteiger partial charge on any atom is -0.484 e. The van der Waals surface area contributed by atoms with Crippen molar-refractivity contribution in [1.82, 2.24) is 0 Å². The summed E-state index contributed by atoms with van der Waals surface area (Å²) in [6.45, 7) is 1.34. The van der Waals surface area contributed by atoms with Crippen LogP contribution in [0.25, 0.3) is 0 Å². The number of halogens is 4. The zero-order chi connectivity index (χ0) is 19.4. The molecule has 0 heterocycles. The lowest BCUT2D eigenvalue weighted by Crippen LogP contribution is -2.25. The van der Waals surface area contributed by atoms with Crippen molar-refractivity contribution < 1.29 is 22.3 Å². The van der Waals surface area contributed by atoms with Gasteiger partial charge in [-0.15, -0.1) is 0 Å². The standard InChI is InChI=1S/C22H30F4O/c1-2-14-3-5-15(6-4-14)16-7-9-17(10-8-16)18-11-12-19(22(26)21(18)25)27-13-20(23)24/h11-12,14-17,20H,2-10,13H2,1H3. The van der Waals surface area contributed by atoms with Crippen LogP contribution in [0.15, 0.2) is 12.1 Å². The molecular formula is C22H30F4O. The summed E-state index contributed by atoms with van der Waals surface area (Å²) < 4.78 is 57.7. The largest absolute Gasteiger partial charge is 0.484 e. The van der Waals surface area contributed by atoms with E-state index in [0.29, 0.717) is 11.5 Å². The Morgan fingerprint density at radius 2 is 1.48 bits per heavy atom. The number of ether oxygens (including phenoxy) is 1. The van der Waals surface area contributed by atoms with Crippen LogP contribution in [0.2, 0.25) is 0 Å². The molecule has 27 heavy (non-hydrogen) atoms. The highest BCUT2D eigenvalue weighted by Gasteiger charge is 2.32. The quantitative estimate of drug-likeness (QED) is 0.474. The Labute approximate surface area is 159 Å². The van der Waals surface area contributed by atoms with Crippen LogP contribution in [0.5, 0.6) is 5.75 Å². The third kappa shape index (κ3) is 4.97. The molecule has 1 aromatic rings. The molecule has 0 aromatic heterocycles. The third-order valence-corrected chi connectivity index (χ3v) is 6.79. The maximum atomic E-state index is 14.5. The Morgan fingerprint density at radius 1 is 0.889 bits per heavy atom. The monoisotopic (exact) mass is 386 g/mol. The Bertz CT molecular complexity index is 603. The lowest BCUT2D eigenvalue weighted by Gasteiger charge is -2.38. The van der Waals surface area contributed by atoms with E-state index in [1.807, 2.05) is 0 Å². The fourth-order valence-corrected chi connectivity index (χ4v) is 5.10. The normalized spacial score (nSPS) is 29.1. The first-order valence-electron chi connectivity index (χ1n) is 10.4. The van der Waals surface area contributed by atoms with E-state index in [2.05, 4.69) is 11.7 Å². The number of hydrogen-bond acceptors (Lipinski definition) is 1. The fourth-order valence-electron chi connectivity index (χ4n) is 5.10. The van der Waals surface area contributed by atoms with E-state index in [9.17, 15) is 17.6 Å². The molecular weight excluding hydrogens is 356 g/mol. The van der Waals surface area contributed by atoms with Crippen LogP contribution in [0, 0.1) is 29.4 Å². The molecule has 0 atom stereocenters. The highest BCUT2D eigenvalue weighted by molar-refractivity contribution is 5.33. The molecule has 2 saturated carbocycles. The second-order valence-corrected chi connectivity index (χ2v) is 8.28. The Kier molecular flexibility index (Phi) is 7.04. The maximum Gasteiger partial charge on any atom is 0.272 e. The average molecular weight is 386 g/mol. The zero-order valence-electron chi connectivity index (χ0n) is 16.0. The Balaban J connectivity index is 1.57. The molecule has 152 valence electrons. The molecule has 2 fully saturated rings. The second-order valence-electron chi connectivity index (χ2n) is 8.28. The minimum absolute atomic E-state index is 0.00637. The molecule has 0 saturated heterocycles. The predicted molar refractivity (Wildman–Crippen MR) is 98.3 cm³/mol. The van der Waals surface area contributed by atoms with E-state index in [0.717, 1.165) is 37.5 Å². The molecule has 0 unspecified atom stereocenters. The summed E-state index contributed by atoms with van der Waals surface area (Å²) in [7, 11) is 0. The topological polar surface area (TPSA) is 9.23 Å². The van der Waals surface area contributed by atoms with Crippen LogP contribution in [0.3, 0.4) is 0 Å². The van der Waals surface area contributed by atoms with Gasteiger partial charge in [0.1, 0.15) is 6.61 Å². The van der Waals surface area contributed by atoms with Crippen LogP contribution in [0.1, 0.15) is 76.2 Å². The van der Waals surface area contributed by atoms with Crippen molar-refractivity contribution in [2.45, 2.75) is 77.1 Å². The summed E-state index contributed by atoms with van der Waals surface area (Å²) in [5.41, 5.74) is 0.366. The van der Waals surface area contributed by atoms with Gasteiger partial charge in [-0.2, -0.15) is 4.39 Å². The van der Waals surface area contributed by atoms with E-state index >= 15 is 0 Å². The summed E-state index contributed by atoms with van der Waals surface area (Å²) in [5, 5.41) is 0. The van der Waals surface area contributed by atoms with E-state index in [1.165, 1.54) is 44.2 Å². The smallest absolute Gasteiger partial charge is 0.272 e. The van der Waals surface area contributed by atoms with Crippen molar-refractivity contribution in [3.05, 3.63) is 29.3 Å². The van der Waals surface area contributed by atoms with Gasteiger partial charge in [0, 0.05) is 0 Å². The van der Waals surface area contributed by atoms with Gasteiger partial charge < -0.3 is 4.74 Å². The molecule has 2 aliphatic carbocycles. The Morgan fingerprint density at radius 3 is 2.04 bits per heavy atom. The number of alkyl halides is 2. The maximum absolute atomic E-state index is 14.5. The summed E-state index contributed by atoms with van der Waals surface area (Å²) >= 11 is 0. The van der Waals surface area contributed by atoms with Crippen molar-refractivity contribution in [3.63, 3.8) is 0 Å².